The average molecular weight is 445 g/mol. The second-order valence-electron chi connectivity index (χ2n) is 7.08. The fraction of sp³-hybridized carbons (Fsp3) is 0.0800. The molecule has 0 N–H and O–H groups in total. The Kier molecular flexibility index (Phi) is 5.82. The van der Waals surface area contributed by atoms with Crippen molar-refractivity contribution in [1.29, 1.82) is 0 Å². The Labute approximate surface area is 188 Å². The van der Waals surface area contributed by atoms with Crippen LogP contribution in [0, 0.1) is 0 Å². The van der Waals surface area contributed by atoms with E-state index >= 15 is 0 Å². The molecule has 8 nitrogen and oxygen atoms in total. The van der Waals surface area contributed by atoms with Gasteiger partial charge in [0.1, 0.15) is 0 Å². The second-order valence-corrected chi connectivity index (χ2v) is 7.08. The van der Waals surface area contributed by atoms with Crippen LogP contribution in [0.15, 0.2) is 75.9 Å². The van der Waals surface area contributed by atoms with Crippen molar-refractivity contribution in [3.63, 3.8) is 0 Å². The molecule has 4 rings (SSSR count). The summed E-state index contributed by atoms with van der Waals surface area (Å²) in [7, 11) is 0. The number of aromatic nitrogens is 1. The Balaban J connectivity index is 0.00000324. The molecule has 0 saturated carbocycles. The fourth-order valence-electron chi connectivity index (χ4n) is 3.21. The highest BCUT2D eigenvalue weighted by atomic mass is 16.6. The van der Waals surface area contributed by atoms with Gasteiger partial charge in [-0.15, -0.1) is 0 Å². The van der Waals surface area contributed by atoms with Gasteiger partial charge in [0.05, 0.1) is 10.9 Å². The number of hydrogen-bond acceptors (Lipinski definition) is 8. The third-order valence-corrected chi connectivity index (χ3v) is 4.62. The molecule has 0 radical (unpaired) electrons. The van der Waals surface area contributed by atoms with Gasteiger partial charge in [0.2, 0.25) is 5.89 Å². The SMILES string of the molecule is CC(=O)Oc1ccc(-c2nc3ccc(C(=O)c4ccccc4)cc3c(=O)o2)cc1OC(C)=O.[HH]. The van der Waals surface area contributed by atoms with E-state index < -0.39 is 17.6 Å². The first kappa shape index (κ1) is 21.6. The number of ether oxygens (including phenoxy) is 2. The maximum absolute atomic E-state index is 12.7. The molecule has 3 aromatic carbocycles. The lowest BCUT2D eigenvalue weighted by Crippen LogP contribution is -2.08. The minimum atomic E-state index is -0.684. The van der Waals surface area contributed by atoms with Crippen LogP contribution in [0.3, 0.4) is 0 Å². The zero-order chi connectivity index (χ0) is 23.5. The molecule has 33 heavy (non-hydrogen) atoms. The Morgan fingerprint density at radius 2 is 1.52 bits per heavy atom. The largest absolute Gasteiger partial charge is 0.423 e. The summed E-state index contributed by atoms with van der Waals surface area (Å²) >= 11 is 0. The molecule has 1 heterocycles. The molecule has 8 heteroatoms. The van der Waals surface area contributed by atoms with Gasteiger partial charge in [0, 0.05) is 32.0 Å². The Bertz CT molecular complexity index is 1460. The number of fused-ring (bicyclic) bond motifs is 1. The zero-order valence-electron chi connectivity index (χ0n) is 17.7. The van der Waals surface area contributed by atoms with E-state index in [-0.39, 0.29) is 30.0 Å². The molecule has 1 aromatic heterocycles. The average Bonchev–Trinajstić information content (AvgIpc) is 2.79. The van der Waals surface area contributed by atoms with E-state index in [0.717, 1.165) is 0 Å². The quantitative estimate of drug-likeness (QED) is 0.255. The van der Waals surface area contributed by atoms with Crippen LogP contribution in [0.5, 0.6) is 11.5 Å². The summed E-state index contributed by atoms with van der Waals surface area (Å²) in [6.45, 7) is 2.42. The minimum Gasteiger partial charge on any atom is -0.423 e. The summed E-state index contributed by atoms with van der Waals surface area (Å²) in [5.74, 6) is -1.46. The van der Waals surface area contributed by atoms with Crippen molar-refractivity contribution in [2.24, 2.45) is 0 Å². The van der Waals surface area contributed by atoms with Crippen molar-refractivity contribution in [3.8, 4) is 23.0 Å². The van der Waals surface area contributed by atoms with Gasteiger partial charge in [0.25, 0.3) is 0 Å². The summed E-state index contributed by atoms with van der Waals surface area (Å²) < 4.78 is 15.5. The molecule has 0 amide bonds. The van der Waals surface area contributed by atoms with Gasteiger partial charge in [-0.25, -0.2) is 9.78 Å². The summed E-state index contributed by atoms with van der Waals surface area (Å²) in [6, 6.07) is 17.6. The molecule has 0 spiro atoms. The third kappa shape index (κ3) is 4.69. The highest BCUT2D eigenvalue weighted by Gasteiger charge is 2.17. The Morgan fingerprint density at radius 1 is 0.818 bits per heavy atom. The van der Waals surface area contributed by atoms with Gasteiger partial charge < -0.3 is 13.9 Å². The lowest BCUT2D eigenvalue weighted by Gasteiger charge is -2.10. The van der Waals surface area contributed by atoms with Gasteiger partial charge in [-0.3, -0.25) is 14.4 Å². The van der Waals surface area contributed by atoms with Crippen molar-refractivity contribution < 1.29 is 29.7 Å². The van der Waals surface area contributed by atoms with Crippen LogP contribution >= 0.6 is 0 Å². The molecular formula is C25H19NO7. The minimum absolute atomic E-state index is 0. The van der Waals surface area contributed by atoms with E-state index in [1.165, 1.54) is 38.1 Å². The van der Waals surface area contributed by atoms with Gasteiger partial charge in [-0.2, -0.15) is 0 Å². The number of esters is 2. The summed E-state index contributed by atoms with van der Waals surface area (Å²) in [4.78, 5) is 52.5. The molecule has 166 valence electrons. The van der Waals surface area contributed by atoms with Crippen LogP contribution in [0.25, 0.3) is 22.4 Å². The van der Waals surface area contributed by atoms with E-state index in [1.54, 1.807) is 36.4 Å². The summed E-state index contributed by atoms with van der Waals surface area (Å²) in [5.41, 5.74) is 0.792. The van der Waals surface area contributed by atoms with Crippen LogP contribution in [-0.2, 0) is 9.59 Å². The van der Waals surface area contributed by atoms with Crippen LogP contribution in [0.1, 0.15) is 31.2 Å². The predicted octanol–water partition coefficient (Wildman–Crippen LogP) is 4.18. The summed E-state index contributed by atoms with van der Waals surface area (Å²) in [6.07, 6.45) is 0. The molecule has 0 aliphatic carbocycles. The second kappa shape index (κ2) is 8.88. The fourth-order valence-corrected chi connectivity index (χ4v) is 3.21. The summed E-state index contributed by atoms with van der Waals surface area (Å²) in [5, 5.41) is 0.150. The highest BCUT2D eigenvalue weighted by molar-refractivity contribution is 6.10. The number of hydrogen-bond donors (Lipinski definition) is 0. The first-order valence-corrected chi connectivity index (χ1v) is 9.88. The standard InChI is InChI=1S/C25H17NO7.H2/c1-14(27)31-21-11-9-18(13-22(21)32-15(2)28)24-26-20-10-8-17(12-19(20)25(30)33-24)23(29)16-6-4-3-5-7-16;/h3-13H,1-2H3;1H. The number of carbonyl (C=O) groups excluding carboxylic acids is 3. The molecule has 0 atom stereocenters. The highest BCUT2D eigenvalue weighted by Crippen LogP contribution is 2.32. The number of carbonyl (C=O) groups is 3. The van der Waals surface area contributed by atoms with Gasteiger partial charge in [-0.05, 0) is 36.4 Å². The zero-order valence-corrected chi connectivity index (χ0v) is 17.7. The van der Waals surface area contributed by atoms with Gasteiger partial charge in [0.15, 0.2) is 17.3 Å². The van der Waals surface area contributed by atoms with Crippen molar-refractivity contribution in [2.45, 2.75) is 13.8 Å². The molecule has 0 aliphatic rings. The van der Waals surface area contributed by atoms with E-state index in [2.05, 4.69) is 4.98 Å². The van der Waals surface area contributed by atoms with E-state index in [9.17, 15) is 19.2 Å². The van der Waals surface area contributed by atoms with Crippen molar-refractivity contribution in [3.05, 3.63) is 88.3 Å². The van der Waals surface area contributed by atoms with Gasteiger partial charge >= 0.3 is 17.6 Å². The lowest BCUT2D eigenvalue weighted by atomic mass is 10.0. The first-order valence-electron chi connectivity index (χ1n) is 9.88. The van der Waals surface area contributed by atoms with Crippen LogP contribution < -0.4 is 15.1 Å². The van der Waals surface area contributed by atoms with Crippen molar-refractivity contribution in [2.75, 3.05) is 0 Å². The van der Waals surface area contributed by atoms with Crippen molar-refractivity contribution >= 4 is 28.6 Å². The lowest BCUT2D eigenvalue weighted by molar-refractivity contribution is -0.134. The smallest absolute Gasteiger partial charge is 0.347 e. The molecule has 4 aromatic rings. The topological polar surface area (TPSA) is 113 Å². The van der Waals surface area contributed by atoms with Crippen LogP contribution in [-0.4, -0.2) is 22.7 Å². The number of rotatable bonds is 5. The van der Waals surface area contributed by atoms with Crippen LogP contribution in [0.2, 0.25) is 0 Å². The number of benzene rings is 3. The molecular weight excluding hydrogens is 426 g/mol. The monoisotopic (exact) mass is 445 g/mol. The third-order valence-electron chi connectivity index (χ3n) is 4.62. The van der Waals surface area contributed by atoms with Crippen molar-refractivity contribution in [1.82, 2.24) is 4.98 Å². The Morgan fingerprint density at radius 3 is 2.21 bits per heavy atom. The van der Waals surface area contributed by atoms with E-state index in [4.69, 9.17) is 13.9 Å². The molecule has 0 bridgehead atoms. The maximum atomic E-state index is 12.7. The van der Waals surface area contributed by atoms with E-state index in [1.807, 2.05) is 6.07 Å². The molecule has 0 aliphatic heterocycles. The maximum Gasteiger partial charge on any atom is 0.347 e. The molecule has 0 fully saturated rings. The normalized spacial score (nSPS) is 10.6. The first-order chi connectivity index (χ1) is 15.8. The number of ketones is 1. The predicted molar refractivity (Wildman–Crippen MR) is 120 cm³/mol. The number of nitrogens with zero attached hydrogens (tertiary/aromatic N) is 1. The van der Waals surface area contributed by atoms with Gasteiger partial charge in [-0.1, -0.05) is 30.3 Å². The molecule has 0 unspecified atom stereocenters. The van der Waals surface area contributed by atoms with E-state index in [0.29, 0.717) is 22.2 Å². The van der Waals surface area contributed by atoms with Crippen LogP contribution in [0.4, 0.5) is 0 Å². The molecule has 0 saturated heterocycles. The Hall–Kier alpha value is -4.59.